The summed E-state index contributed by atoms with van der Waals surface area (Å²) in [6, 6.07) is 2.70. The van der Waals surface area contributed by atoms with Gasteiger partial charge in [0.05, 0.1) is 30.6 Å². The Morgan fingerprint density at radius 1 is 1.24 bits per heavy atom. The number of carbonyl (C=O) groups is 1. The number of nitro groups is 1. The third kappa shape index (κ3) is 4.82. The van der Waals surface area contributed by atoms with Crippen LogP contribution in [0.1, 0.15) is 19.4 Å². The van der Waals surface area contributed by atoms with Crippen LogP contribution in [0.5, 0.6) is 11.5 Å². The molecule has 0 radical (unpaired) electrons. The molecule has 0 amide bonds. The second-order valence-corrected chi connectivity index (χ2v) is 4.13. The van der Waals surface area contributed by atoms with Gasteiger partial charge in [0.2, 0.25) is 0 Å². The second kappa shape index (κ2) is 8.35. The van der Waals surface area contributed by atoms with Crippen molar-refractivity contribution < 1.29 is 23.9 Å². The summed E-state index contributed by atoms with van der Waals surface area (Å²) in [5.41, 5.74) is -0.00305. The first-order valence-electron chi connectivity index (χ1n) is 6.36. The van der Waals surface area contributed by atoms with E-state index < -0.39 is 10.9 Å². The summed E-state index contributed by atoms with van der Waals surface area (Å²) >= 11 is 3.77. The molecule has 0 N–H and O–H groups in total. The Morgan fingerprint density at radius 2 is 1.81 bits per heavy atom. The Bertz CT molecular complexity index is 520. The van der Waals surface area contributed by atoms with Gasteiger partial charge in [-0.05, 0) is 19.9 Å². The van der Waals surface area contributed by atoms with Crippen LogP contribution in [-0.2, 0) is 16.0 Å². The molecule has 116 valence electrons. The van der Waals surface area contributed by atoms with E-state index in [-0.39, 0.29) is 29.4 Å². The lowest BCUT2D eigenvalue weighted by atomic mass is 10.1. The molecule has 0 aliphatic rings. The molecule has 0 bridgehead atoms. The molecule has 1 aromatic rings. The number of esters is 1. The van der Waals surface area contributed by atoms with Crippen LogP contribution in [-0.4, -0.2) is 30.0 Å². The van der Waals surface area contributed by atoms with Crippen molar-refractivity contribution in [2.24, 2.45) is 0 Å². The Kier molecular flexibility index (Phi) is 6.80. The van der Waals surface area contributed by atoms with Crippen molar-refractivity contribution in [3.63, 3.8) is 0 Å². The van der Waals surface area contributed by atoms with Gasteiger partial charge in [-0.15, -0.1) is 12.6 Å². The number of hydrogen-bond acceptors (Lipinski definition) is 7. The van der Waals surface area contributed by atoms with Crippen LogP contribution in [0.3, 0.4) is 0 Å². The van der Waals surface area contributed by atoms with Gasteiger partial charge in [0, 0.05) is 5.56 Å². The van der Waals surface area contributed by atoms with Crippen molar-refractivity contribution in [1.82, 2.24) is 0 Å². The summed E-state index contributed by atoms with van der Waals surface area (Å²) in [7, 11) is 0. The molecule has 0 aliphatic carbocycles. The average Bonchev–Trinajstić information content (AvgIpc) is 2.41. The maximum absolute atomic E-state index is 11.5. The molecule has 0 unspecified atom stereocenters. The molecule has 1 aromatic carbocycles. The molecule has 8 heteroatoms. The minimum absolute atomic E-state index is 0.0814. The number of nitro benzene ring substituents is 1. The Morgan fingerprint density at radius 3 is 2.29 bits per heavy atom. The number of ether oxygens (including phenoxy) is 3. The van der Waals surface area contributed by atoms with Crippen LogP contribution in [0.2, 0.25) is 0 Å². The lowest BCUT2D eigenvalue weighted by molar-refractivity contribution is -0.385. The quantitative estimate of drug-likeness (QED) is 0.260. The molecule has 0 fully saturated rings. The van der Waals surface area contributed by atoms with Crippen molar-refractivity contribution >= 4 is 24.3 Å². The number of hydrogen-bond donors (Lipinski definition) is 1. The molecule has 1 rings (SSSR count). The first-order chi connectivity index (χ1) is 10.0. The van der Waals surface area contributed by atoms with Crippen LogP contribution >= 0.6 is 12.6 Å². The fraction of sp³-hybridized carbons (Fsp3) is 0.462. The Hall–Kier alpha value is -1.96. The molecule has 0 saturated heterocycles. The van der Waals surface area contributed by atoms with Gasteiger partial charge in [-0.1, -0.05) is 0 Å². The smallest absolute Gasteiger partial charge is 0.311 e. The molecule has 0 heterocycles. The van der Waals surface area contributed by atoms with Gasteiger partial charge in [0.15, 0.2) is 11.5 Å². The van der Waals surface area contributed by atoms with Crippen LogP contribution in [0, 0.1) is 10.1 Å². The zero-order chi connectivity index (χ0) is 15.8. The molecule has 0 aromatic heterocycles. The minimum Gasteiger partial charge on any atom is -0.490 e. The molecule has 0 aliphatic heterocycles. The molecular formula is C13H17NO6S. The van der Waals surface area contributed by atoms with Crippen molar-refractivity contribution in [2.45, 2.75) is 20.3 Å². The van der Waals surface area contributed by atoms with Gasteiger partial charge in [-0.2, -0.15) is 0 Å². The number of carbonyl (C=O) groups excluding carboxylic acids is 1. The van der Waals surface area contributed by atoms with Crippen LogP contribution < -0.4 is 9.47 Å². The fourth-order valence-electron chi connectivity index (χ4n) is 1.72. The Balaban J connectivity index is 3.22. The maximum Gasteiger partial charge on any atom is 0.311 e. The third-order valence-electron chi connectivity index (χ3n) is 2.50. The summed E-state index contributed by atoms with van der Waals surface area (Å²) in [6.07, 6.45) is -0.233. The highest BCUT2D eigenvalue weighted by molar-refractivity contribution is 7.80. The summed E-state index contributed by atoms with van der Waals surface area (Å²) in [6.45, 7) is 4.27. The van der Waals surface area contributed by atoms with Gasteiger partial charge in [0.1, 0.15) is 5.94 Å². The van der Waals surface area contributed by atoms with E-state index in [0.29, 0.717) is 19.0 Å². The van der Waals surface area contributed by atoms with E-state index in [2.05, 4.69) is 17.4 Å². The molecule has 21 heavy (non-hydrogen) atoms. The molecule has 7 nitrogen and oxygen atoms in total. The highest BCUT2D eigenvalue weighted by Crippen LogP contribution is 2.35. The van der Waals surface area contributed by atoms with E-state index in [9.17, 15) is 14.9 Å². The van der Waals surface area contributed by atoms with Crippen molar-refractivity contribution in [1.29, 1.82) is 0 Å². The summed E-state index contributed by atoms with van der Waals surface area (Å²) < 4.78 is 15.4. The summed E-state index contributed by atoms with van der Waals surface area (Å²) in [5, 5.41) is 11.1. The van der Waals surface area contributed by atoms with Crippen molar-refractivity contribution in [3.05, 3.63) is 27.8 Å². The number of rotatable bonds is 8. The first-order valence-corrected chi connectivity index (χ1v) is 7.00. The minimum atomic E-state index is -0.597. The normalized spacial score (nSPS) is 10.0. The van der Waals surface area contributed by atoms with E-state index in [1.54, 1.807) is 13.8 Å². The van der Waals surface area contributed by atoms with Crippen LogP contribution in [0.4, 0.5) is 5.69 Å². The first kappa shape index (κ1) is 17.1. The van der Waals surface area contributed by atoms with E-state index in [0.717, 1.165) is 0 Å². The predicted molar refractivity (Wildman–Crippen MR) is 79.1 cm³/mol. The van der Waals surface area contributed by atoms with Gasteiger partial charge in [-0.3, -0.25) is 14.9 Å². The van der Waals surface area contributed by atoms with Crippen LogP contribution in [0.15, 0.2) is 12.1 Å². The van der Waals surface area contributed by atoms with E-state index >= 15 is 0 Å². The van der Waals surface area contributed by atoms with Gasteiger partial charge >= 0.3 is 5.97 Å². The lowest BCUT2D eigenvalue weighted by Crippen LogP contribution is -2.09. The SMILES string of the molecule is CCOc1cc(CC(=O)OCS)c([N+](=O)[O-])cc1OCC. The van der Waals surface area contributed by atoms with Gasteiger partial charge in [-0.25, -0.2) is 0 Å². The zero-order valence-corrected chi connectivity index (χ0v) is 12.7. The molecular weight excluding hydrogens is 298 g/mol. The second-order valence-electron chi connectivity index (χ2n) is 3.87. The standard InChI is InChI=1S/C13H17NO6S/c1-3-18-11-5-9(6-13(15)20-8-21)10(14(16)17)7-12(11)19-4-2/h5,7,21H,3-4,6,8H2,1-2H3. The largest absolute Gasteiger partial charge is 0.490 e. The molecule has 0 saturated carbocycles. The fourth-order valence-corrected chi connectivity index (χ4v) is 1.86. The monoisotopic (exact) mass is 315 g/mol. The number of benzene rings is 1. The van der Waals surface area contributed by atoms with E-state index in [1.807, 2.05) is 0 Å². The van der Waals surface area contributed by atoms with Gasteiger partial charge < -0.3 is 14.2 Å². The number of thiol groups is 1. The lowest BCUT2D eigenvalue weighted by Gasteiger charge is -2.12. The van der Waals surface area contributed by atoms with E-state index in [1.165, 1.54) is 12.1 Å². The Labute approximate surface area is 127 Å². The van der Waals surface area contributed by atoms with Crippen molar-refractivity contribution in [3.8, 4) is 11.5 Å². The highest BCUT2D eigenvalue weighted by Gasteiger charge is 2.22. The predicted octanol–water partition coefficient (Wildman–Crippen LogP) is 2.37. The molecule has 0 spiro atoms. The average molecular weight is 315 g/mol. The van der Waals surface area contributed by atoms with E-state index in [4.69, 9.17) is 9.47 Å². The zero-order valence-electron chi connectivity index (χ0n) is 11.8. The van der Waals surface area contributed by atoms with Gasteiger partial charge in [0.25, 0.3) is 5.69 Å². The summed E-state index contributed by atoms with van der Waals surface area (Å²) in [5.74, 6) is -0.0437. The summed E-state index contributed by atoms with van der Waals surface area (Å²) in [4.78, 5) is 22.1. The van der Waals surface area contributed by atoms with Crippen LogP contribution in [0.25, 0.3) is 0 Å². The topological polar surface area (TPSA) is 87.9 Å². The molecule has 0 atom stereocenters. The third-order valence-corrected chi connectivity index (χ3v) is 2.63. The highest BCUT2D eigenvalue weighted by atomic mass is 32.1. The number of nitrogens with zero attached hydrogens (tertiary/aromatic N) is 1. The van der Waals surface area contributed by atoms with Crippen molar-refractivity contribution in [2.75, 3.05) is 19.2 Å². The maximum atomic E-state index is 11.5.